The van der Waals surface area contributed by atoms with E-state index in [-0.39, 0.29) is 17.3 Å². The largest absolute Gasteiger partial charge is 0.416 e. The Kier molecular flexibility index (Phi) is 6.43. The summed E-state index contributed by atoms with van der Waals surface area (Å²) in [4.78, 5) is 11.8. The summed E-state index contributed by atoms with van der Waals surface area (Å²) >= 11 is 17.5. The van der Waals surface area contributed by atoms with Gasteiger partial charge in [-0.3, -0.25) is 0 Å². The number of carbonyl (C=O) groups is 1. The quantitative estimate of drug-likeness (QED) is 0.634. The fourth-order valence-corrected chi connectivity index (χ4v) is 2.46. The number of rotatable bonds is 4. The van der Waals surface area contributed by atoms with Crippen molar-refractivity contribution in [3.63, 3.8) is 0 Å². The number of carbonyl (C=O) groups excluding carboxylic acids is 1. The summed E-state index contributed by atoms with van der Waals surface area (Å²) in [7, 11) is 0. The highest BCUT2D eigenvalue weighted by molar-refractivity contribution is 6.42. The minimum Gasteiger partial charge on any atom is -0.338 e. The summed E-state index contributed by atoms with van der Waals surface area (Å²) in [6.45, 7) is 0.250. The predicted octanol–water partition coefficient (Wildman–Crippen LogP) is 6.03. The van der Waals surface area contributed by atoms with Crippen molar-refractivity contribution in [2.45, 2.75) is 12.6 Å². The first kappa shape index (κ1) is 19.7. The molecular formula is C16H12Cl3F3N2O. The van der Waals surface area contributed by atoms with E-state index in [1.807, 2.05) is 0 Å². The van der Waals surface area contributed by atoms with Crippen molar-refractivity contribution in [3.05, 3.63) is 62.6 Å². The second kappa shape index (κ2) is 8.17. The summed E-state index contributed by atoms with van der Waals surface area (Å²) in [5.41, 5.74) is -0.168. The molecule has 0 aliphatic carbocycles. The second-order valence-electron chi connectivity index (χ2n) is 5.07. The molecule has 2 amide bonds. The van der Waals surface area contributed by atoms with Crippen LogP contribution >= 0.6 is 34.8 Å². The van der Waals surface area contributed by atoms with Gasteiger partial charge in [0.25, 0.3) is 0 Å². The fraction of sp³-hybridized carbons (Fsp3) is 0.188. The maximum atomic E-state index is 12.7. The van der Waals surface area contributed by atoms with Crippen LogP contribution < -0.4 is 10.6 Å². The van der Waals surface area contributed by atoms with E-state index in [9.17, 15) is 18.0 Å². The van der Waals surface area contributed by atoms with Crippen LogP contribution in [0.3, 0.4) is 0 Å². The smallest absolute Gasteiger partial charge is 0.338 e. The monoisotopic (exact) mass is 410 g/mol. The Morgan fingerprint density at radius 3 is 2.28 bits per heavy atom. The number of hydrogen-bond acceptors (Lipinski definition) is 1. The molecule has 0 bridgehead atoms. The van der Waals surface area contributed by atoms with Crippen LogP contribution in [0, 0.1) is 0 Å². The van der Waals surface area contributed by atoms with E-state index in [0.29, 0.717) is 16.5 Å². The molecule has 9 heteroatoms. The predicted molar refractivity (Wildman–Crippen MR) is 93.6 cm³/mol. The maximum absolute atomic E-state index is 12.7. The van der Waals surface area contributed by atoms with Crippen LogP contribution in [-0.2, 0) is 12.6 Å². The van der Waals surface area contributed by atoms with Gasteiger partial charge in [-0.2, -0.15) is 13.2 Å². The first-order valence-corrected chi connectivity index (χ1v) is 8.16. The third kappa shape index (κ3) is 5.70. The summed E-state index contributed by atoms with van der Waals surface area (Å²) in [5.74, 6) is 0. The number of amides is 2. The van der Waals surface area contributed by atoms with E-state index in [4.69, 9.17) is 34.8 Å². The summed E-state index contributed by atoms with van der Waals surface area (Å²) in [6.07, 6.45) is -4.05. The standard InChI is InChI=1S/C16H12Cl3F3N2O/c17-11-3-1-9(7-13(11)19)5-6-23-15(25)24-14-8-10(16(20,21)22)2-4-12(14)18/h1-4,7-8H,5-6H2,(H2,23,24,25). The first-order chi connectivity index (χ1) is 11.7. The molecule has 0 unspecified atom stereocenters. The number of benzene rings is 2. The van der Waals surface area contributed by atoms with Crippen molar-refractivity contribution in [1.29, 1.82) is 0 Å². The van der Waals surface area contributed by atoms with Gasteiger partial charge in [0.15, 0.2) is 0 Å². The van der Waals surface area contributed by atoms with Crippen LogP contribution in [-0.4, -0.2) is 12.6 Å². The Labute approximate surface area is 157 Å². The van der Waals surface area contributed by atoms with Crippen LogP contribution in [0.4, 0.5) is 23.7 Å². The molecule has 0 aromatic heterocycles. The molecule has 0 fully saturated rings. The molecule has 2 aromatic rings. The van der Waals surface area contributed by atoms with Crippen LogP contribution in [0.5, 0.6) is 0 Å². The highest BCUT2D eigenvalue weighted by Crippen LogP contribution is 2.33. The van der Waals surface area contributed by atoms with Gasteiger partial charge in [-0.05, 0) is 42.3 Å². The zero-order chi connectivity index (χ0) is 18.6. The molecule has 0 spiro atoms. The van der Waals surface area contributed by atoms with Gasteiger partial charge in [-0.1, -0.05) is 40.9 Å². The van der Waals surface area contributed by atoms with Crippen LogP contribution in [0.2, 0.25) is 15.1 Å². The molecule has 0 aliphatic rings. The molecule has 0 heterocycles. The number of halogens is 6. The van der Waals surface area contributed by atoms with E-state index in [0.717, 1.165) is 23.8 Å². The van der Waals surface area contributed by atoms with Gasteiger partial charge in [0.1, 0.15) is 0 Å². The lowest BCUT2D eigenvalue weighted by Crippen LogP contribution is -2.30. The molecule has 134 valence electrons. The molecule has 2 aromatic carbocycles. The third-order valence-corrected chi connectivity index (χ3v) is 4.29. The average molecular weight is 412 g/mol. The van der Waals surface area contributed by atoms with E-state index in [1.165, 1.54) is 0 Å². The second-order valence-corrected chi connectivity index (χ2v) is 6.29. The highest BCUT2D eigenvalue weighted by atomic mass is 35.5. The Balaban J connectivity index is 1.93. The van der Waals surface area contributed by atoms with Crippen molar-refractivity contribution in [2.24, 2.45) is 0 Å². The summed E-state index contributed by atoms with van der Waals surface area (Å²) < 4.78 is 38.1. The number of nitrogens with one attached hydrogen (secondary N) is 2. The van der Waals surface area contributed by atoms with E-state index >= 15 is 0 Å². The van der Waals surface area contributed by atoms with Crippen molar-refractivity contribution < 1.29 is 18.0 Å². The maximum Gasteiger partial charge on any atom is 0.416 e. The molecule has 0 radical (unpaired) electrons. The molecule has 2 rings (SSSR count). The molecule has 3 nitrogen and oxygen atoms in total. The van der Waals surface area contributed by atoms with Gasteiger partial charge in [-0.25, -0.2) is 4.79 Å². The minimum absolute atomic E-state index is 0.00707. The van der Waals surface area contributed by atoms with Crippen molar-refractivity contribution in [1.82, 2.24) is 5.32 Å². The Hall–Kier alpha value is -1.63. The Morgan fingerprint density at radius 1 is 0.960 bits per heavy atom. The fourth-order valence-electron chi connectivity index (χ4n) is 1.98. The zero-order valence-electron chi connectivity index (χ0n) is 12.6. The molecule has 0 atom stereocenters. The van der Waals surface area contributed by atoms with Crippen LogP contribution in [0.1, 0.15) is 11.1 Å². The van der Waals surface area contributed by atoms with Gasteiger partial charge in [0.05, 0.1) is 26.3 Å². The lowest BCUT2D eigenvalue weighted by Gasteiger charge is -2.12. The Bertz CT molecular complexity index is 782. The molecule has 0 aliphatic heterocycles. The average Bonchev–Trinajstić information content (AvgIpc) is 2.52. The molecule has 2 N–H and O–H groups in total. The summed E-state index contributed by atoms with van der Waals surface area (Å²) in [6, 6.07) is 7.11. The zero-order valence-corrected chi connectivity index (χ0v) is 14.8. The van der Waals surface area contributed by atoms with Crippen molar-refractivity contribution in [2.75, 3.05) is 11.9 Å². The lowest BCUT2D eigenvalue weighted by atomic mass is 10.1. The molecule has 0 saturated carbocycles. The van der Waals surface area contributed by atoms with Gasteiger partial charge in [0.2, 0.25) is 0 Å². The number of hydrogen-bond donors (Lipinski definition) is 2. The minimum atomic E-state index is -4.52. The summed E-state index contributed by atoms with van der Waals surface area (Å²) in [5, 5.41) is 5.67. The normalized spacial score (nSPS) is 11.3. The van der Waals surface area contributed by atoms with E-state index in [2.05, 4.69) is 10.6 Å². The SMILES string of the molecule is O=C(NCCc1ccc(Cl)c(Cl)c1)Nc1cc(C(F)(F)F)ccc1Cl. The number of urea groups is 1. The molecule has 25 heavy (non-hydrogen) atoms. The van der Waals surface area contributed by atoms with Gasteiger partial charge in [-0.15, -0.1) is 0 Å². The van der Waals surface area contributed by atoms with Crippen LogP contribution in [0.25, 0.3) is 0 Å². The lowest BCUT2D eigenvalue weighted by molar-refractivity contribution is -0.137. The number of anilines is 1. The Morgan fingerprint density at radius 2 is 1.64 bits per heavy atom. The highest BCUT2D eigenvalue weighted by Gasteiger charge is 2.31. The van der Waals surface area contributed by atoms with Crippen molar-refractivity contribution >= 4 is 46.5 Å². The molecular weight excluding hydrogens is 400 g/mol. The van der Waals surface area contributed by atoms with Gasteiger partial charge < -0.3 is 10.6 Å². The molecule has 0 saturated heterocycles. The van der Waals surface area contributed by atoms with Crippen LogP contribution in [0.15, 0.2) is 36.4 Å². The van der Waals surface area contributed by atoms with E-state index in [1.54, 1.807) is 18.2 Å². The third-order valence-electron chi connectivity index (χ3n) is 3.23. The van der Waals surface area contributed by atoms with Gasteiger partial charge >= 0.3 is 12.2 Å². The number of alkyl halides is 3. The van der Waals surface area contributed by atoms with Crippen molar-refractivity contribution in [3.8, 4) is 0 Å². The van der Waals surface area contributed by atoms with Gasteiger partial charge in [0, 0.05) is 6.54 Å². The first-order valence-electron chi connectivity index (χ1n) is 7.02. The topological polar surface area (TPSA) is 41.1 Å². The van der Waals surface area contributed by atoms with E-state index < -0.39 is 17.8 Å².